The molecule has 1 aromatic carbocycles. The van der Waals surface area contributed by atoms with E-state index in [0.717, 1.165) is 5.56 Å². The number of nitrogens with two attached hydrogens (primary N) is 1. The summed E-state index contributed by atoms with van der Waals surface area (Å²) in [4.78, 5) is 0.334. The van der Waals surface area contributed by atoms with Gasteiger partial charge in [-0.1, -0.05) is 17.7 Å². The first kappa shape index (κ1) is 13.4. The van der Waals surface area contributed by atoms with Gasteiger partial charge < -0.3 is 5.73 Å². The molecule has 0 saturated carbocycles. The van der Waals surface area contributed by atoms with E-state index in [9.17, 15) is 8.42 Å². The van der Waals surface area contributed by atoms with Crippen LogP contribution in [0.5, 0.6) is 0 Å². The Kier molecular flexibility index (Phi) is 4.58. The molecule has 80 valence electrons. The van der Waals surface area contributed by atoms with E-state index in [1.807, 2.05) is 6.92 Å². The SMILES string of the molecule is Cc1ccc(S(C)(=O)=O)c(CN)c1.Cl. The second-order valence-corrected chi connectivity index (χ2v) is 5.07. The lowest BCUT2D eigenvalue weighted by Crippen LogP contribution is -2.06. The number of hydrogen-bond acceptors (Lipinski definition) is 3. The van der Waals surface area contributed by atoms with Crippen LogP contribution in [0.15, 0.2) is 23.1 Å². The molecule has 2 N–H and O–H groups in total. The van der Waals surface area contributed by atoms with Gasteiger partial charge in [-0.05, 0) is 18.6 Å². The van der Waals surface area contributed by atoms with Crippen LogP contribution in [0.1, 0.15) is 11.1 Å². The number of rotatable bonds is 2. The van der Waals surface area contributed by atoms with Crippen LogP contribution >= 0.6 is 12.4 Å². The van der Waals surface area contributed by atoms with Crippen LogP contribution < -0.4 is 5.73 Å². The summed E-state index contributed by atoms with van der Waals surface area (Å²) in [5.74, 6) is 0. The van der Waals surface area contributed by atoms with E-state index in [1.165, 1.54) is 6.26 Å². The van der Waals surface area contributed by atoms with E-state index in [0.29, 0.717) is 10.5 Å². The highest BCUT2D eigenvalue weighted by atomic mass is 35.5. The Hall–Kier alpha value is -0.580. The largest absolute Gasteiger partial charge is 0.326 e. The van der Waals surface area contributed by atoms with Gasteiger partial charge in [-0.2, -0.15) is 0 Å². The number of aryl methyl sites for hydroxylation is 1. The van der Waals surface area contributed by atoms with Gasteiger partial charge in [0.1, 0.15) is 0 Å². The zero-order valence-corrected chi connectivity index (χ0v) is 9.78. The van der Waals surface area contributed by atoms with Crippen LogP contribution in [0.2, 0.25) is 0 Å². The maximum absolute atomic E-state index is 11.3. The summed E-state index contributed by atoms with van der Waals surface area (Å²) < 4.78 is 22.5. The molecule has 0 aliphatic carbocycles. The third kappa shape index (κ3) is 2.97. The van der Waals surface area contributed by atoms with Crippen molar-refractivity contribution in [2.24, 2.45) is 5.73 Å². The summed E-state index contributed by atoms with van der Waals surface area (Å²) in [6.07, 6.45) is 1.19. The minimum atomic E-state index is -3.14. The zero-order valence-electron chi connectivity index (χ0n) is 8.15. The van der Waals surface area contributed by atoms with E-state index < -0.39 is 9.84 Å². The van der Waals surface area contributed by atoms with Gasteiger partial charge in [0, 0.05) is 12.8 Å². The van der Waals surface area contributed by atoms with E-state index in [4.69, 9.17) is 5.73 Å². The van der Waals surface area contributed by atoms with Crippen molar-refractivity contribution in [3.63, 3.8) is 0 Å². The van der Waals surface area contributed by atoms with Gasteiger partial charge in [-0.15, -0.1) is 12.4 Å². The van der Waals surface area contributed by atoms with Crippen LogP contribution in [0, 0.1) is 6.92 Å². The standard InChI is InChI=1S/C9H13NO2S.ClH/c1-7-3-4-9(13(2,11)12)8(5-7)6-10;/h3-5H,6,10H2,1-2H3;1H. The number of benzene rings is 1. The molecule has 3 nitrogen and oxygen atoms in total. The maximum Gasteiger partial charge on any atom is 0.175 e. The van der Waals surface area contributed by atoms with E-state index in [-0.39, 0.29) is 19.0 Å². The molecule has 1 rings (SSSR count). The molecular formula is C9H14ClNO2S. The Morgan fingerprint density at radius 1 is 1.36 bits per heavy atom. The summed E-state index contributed by atoms with van der Waals surface area (Å²) in [6, 6.07) is 5.18. The van der Waals surface area contributed by atoms with Crippen LogP contribution in [-0.4, -0.2) is 14.7 Å². The highest BCUT2D eigenvalue weighted by molar-refractivity contribution is 7.90. The molecule has 0 radical (unpaired) electrons. The smallest absolute Gasteiger partial charge is 0.175 e. The summed E-state index contributed by atoms with van der Waals surface area (Å²) in [7, 11) is -3.14. The van der Waals surface area contributed by atoms with Gasteiger partial charge in [-0.3, -0.25) is 0 Å². The summed E-state index contributed by atoms with van der Waals surface area (Å²) in [5, 5.41) is 0. The van der Waals surface area contributed by atoms with Crippen molar-refractivity contribution in [3.8, 4) is 0 Å². The van der Waals surface area contributed by atoms with Crippen LogP contribution in [0.3, 0.4) is 0 Å². The van der Waals surface area contributed by atoms with Crippen molar-refractivity contribution in [2.75, 3.05) is 6.26 Å². The molecule has 0 bridgehead atoms. The maximum atomic E-state index is 11.3. The van der Waals surface area contributed by atoms with Gasteiger partial charge in [0.15, 0.2) is 9.84 Å². The highest BCUT2D eigenvalue weighted by Gasteiger charge is 2.11. The van der Waals surface area contributed by atoms with Crippen molar-refractivity contribution < 1.29 is 8.42 Å². The van der Waals surface area contributed by atoms with E-state index >= 15 is 0 Å². The van der Waals surface area contributed by atoms with Crippen molar-refractivity contribution in [2.45, 2.75) is 18.4 Å². The molecule has 0 heterocycles. The Bertz CT molecular complexity index is 415. The van der Waals surface area contributed by atoms with E-state index in [1.54, 1.807) is 18.2 Å². The lowest BCUT2D eigenvalue weighted by Gasteiger charge is -2.06. The van der Waals surface area contributed by atoms with Gasteiger partial charge in [-0.25, -0.2) is 8.42 Å². The highest BCUT2D eigenvalue weighted by Crippen LogP contribution is 2.16. The number of hydrogen-bond donors (Lipinski definition) is 1. The average Bonchev–Trinajstić information content (AvgIpc) is 2.01. The van der Waals surface area contributed by atoms with Gasteiger partial charge in [0.05, 0.1) is 4.90 Å². The third-order valence-corrected chi connectivity index (χ3v) is 3.03. The Labute approximate surface area is 90.6 Å². The molecule has 0 atom stereocenters. The predicted molar refractivity (Wildman–Crippen MR) is 59.4 cm³/mol. The molecule has 0 saturated heterocycles. The summed E-state index contributed by atoms with van der Waals surface area (Å²) in [5.41, 5.74) is 7.16. The van der Waals surface area contributed by atoms with Crippen molar-refractivity contribution >= 4 is 22.2 Å². The second kappa shape index (κ2) is 4.77. The first-order valence-corrected chi connectivity index (χ1v) is 5.84. The fourth-order valence-electron chi connectivity index (χ4n) is 1.23. The fourth-order valence-corrected chi connectivity index (χ4v) is 2.16. The molecular weight excluding hydrogens is 222 g/mol. The Morgan fingerprint density at radius 3 is 2.36 bits per heavy atom. The topological polar surface area (TPSA) is 60.2 Å². The van der Waals surface area contributed by atoms with Crippen molar-refractivity contribution in [1.29, 1.82) is 0 Å². The fraction of sp³-hybridized carbons (Fsp3) is 0.333. The first-order chi connectivity index (χ1) is 5.95. The Balaban J connectivity index is 0.00000169. The molecule has 0 aromatic heterocycles. The van der Waals surface area contributed by atoms with E-state index in [2.05, 4.69) is 0 Å². The zero-order chi connectivity index (χ0) is 10.1. The van der Waals surface area contributed by atoms with Crippen molar-refractivity contribution in [3.05, 3.63) is 29.3 Å². The molecule has 14 heavy (non-hydrogen) atoms. The number of sulfone groups is 1. The van der Waals surface area contributed by atoms with Crippen LogP contribution in [0.25, 0.3) is 0 Å². The first-order valence-electron chi connectivity index (χ1n) is 3.95. The van der Waals surface area contributed by atoms with Gasteiger partial charge in [0.25, 0.3) is 0 Å². The quantitative estimate of drug-likeness (QED) is 0.840. The molecule has 0 spiro atoms. The van der Waals surface area contributed by atoms with Crippen molar-refractivity contribution in [1.82, 2.24) is 0 Å². The lowest BCUT2D eigenvalue weighted by molar-refractivity contribution is 0.600. The molecule has 0 fully saturated rings. The average molecular weight is 236 g/mol. The monoisotopic (exact) mass is 235 g/mol. The second-order valence-electron chi connectivity index (χ2n) is 3.09. The molecule has 1 aromatic rings. The molecule has 0 unspecified atom stereocenters. The predicted octanol–water partition coefficient (Wildman–Crippen LogP) is 1.28. The normalized spacial score (nSPS) is 10.8. The molecule has 5 heteroatoms. The van der Waals surface area contributed by atoms with Gasteiger partial charge in [0.2, 0.25) is 0 Å². The van der Waals surface area contributed by atoms with Crippen LogP contribution in [-0.2, 0) is 16.4 Å². The minimum absolute atomic E-state index is 0. The van der Waals surface area contributed by atoms with Crippen LogP contribution in [0.4, 0.5) is 0 Å². The third-order valence-electron chi connectivity index (χ3n) is 1.84. The lowest BCUT2D eigenvalue weighted by atomic mass is 10.1. The molecule has 0 aliphatic heterocycles. The minimum Gasteiger partial charge on any atom is -0.326 e. The summed E-state index contributed by atoms with van der Waals surface area (Å²) >= 11 is 0. The Morgan fingerprint density at radius 2 is 1.93 bits per heavy atom. The molecule has 0 amide bonds. The summed E-state index contributed by atoms with van der Waals surface area (Å²) in [6.45, 7) is 2.16. The number of halogens is 1. The molecule has 0 aliphatic rings. The van der Waals surface area contributed by atoms with Gasteiger partial charge >= 0.3 is 0 Å².